The van der Waals surface area contributed by atoms with Crippen LogP contribution in [0.5, 0.6) is 0 Å². The molecule has 2 heterocycles. The van der Waals surface area contributed by atoms with Crippen molar-refractivity contribution in [2.45, 2.75) is 46.3 Å². The van der Waals surface area contributed by atoms with Gasteiger partial charge < -0.3 is 9.47 Å². The summed E-state index contributed by atoms with van der Waals surface area (Å²) in [5, 5.41) is 0. The van der Waals surface area contributed by atoms with Crippen LogP contribution in [0.25, 0.3) is 0 Å². The van der Waals surface area contributed by atoms with Crippen LogP contribution in [0.3, 0.4) is 0 Å². The van der Waals surface area contributed by atoms with Crippen molar-refractivity contribution in [3.05, 3.63) is 0 Å². The normalized spacial score (nSPS) is 43.8. The molecule has 6 heteroatoms. The quantitative estimate of drug-likeness (QED) is 0.686. The second-order valence-corrected chi connectivity index (χ2v) is 10.1. The van der Waals surface area contributed by atoms with Gasteiger partial charge in [-0.05, 0) is 18.3 Å². The van der Waals surface area contributed by atoms with E-state index in [2.05, 4.69) is 32.1 Å². The molecule has 4 rings (SSSR count). The van der Waals surface area contributed by atoms with Crippen LogP contribution in [0.1, 0.15) is 40.5 Å². The van der Waals surface area contributed by atoms with E-state index in [9.17, 15) is 8.42 Å². The van der Waals surface area contributed by atoms with E-state index >= 15 is 0 Å². The molecular weight excluding hydrogens is 290 g/mol. The summed E-state index contributed by atoms with van der Waals surface area (Å²) in [5.41, 5.74) is 0.0730. The van der Waals surface area contributed by atoms with Gasteiger partial charge in [-0.15, -0.1) is 0 Å². The average molecular weight is 313 g/mol. The van der Waals surface area contributed by atoms with Crippen molar-refractivity contribution in [2.24, 2.45) is 26.6 Å². The first-order valence-corrected chi connectivity index (χ1v) is 9.27. The Morgan fingerprint density at radius 2 is 1.76 bits per heavy atom. The van der Waals surface area contributed by atoms with Crippen LogP contribution in [0.15, 0.2) is 4.40 Å². The maximum atomic E-state index is 12.2. The Kier molecular flexibility index (Phi) is 2.39. The maximum Gasteiger partial charge on any atom is 0.254 e. The molecule has 2 saturated carbocycles. The number of ether oxygens (including phenoxy) is 2. The lowest BCUT2D eigenvalue weighted by molar-refractivity contribution is -0.285. The molecule has 5 nitrogen and oxygen atoms in total. The van der Waals surface area contributed by atoms with E-state index in [-0.39, 0.29) is 22.5 Å². The molecule has 0 aromatic heterocycles. The topological polar surface area (TPSA) is 65.0 Å². The van der Waals surface area contributed by atoms with E-state index in [1.165, 1.54) is 0 Å². The third-order valence-electron chi connectivity index (χ3n) is 6.22. The molecule has 2 atom stereocenters. The minimum atomic E-state index is -3.40. The summed E-state index contributed by atoms with van der Waals surface area (Å²) in [7, 11) is -3.40. The Balaban J connectivity index is 1.87. The van der Waals surface area contributed by atoms with Crippen molar-refractivity contribution in [3.63, 3.8) is 0 Å². The summed E-state index contributed by atoms with van der Waals surface area (Å²) in [4.78, 5) is 0. The number of fused-ring (bicyclic) bond motifs is 3. The molecule has 21 heavy (non-hydrogen) atoms. The first-order chi connectivity index (χ1) is 9.55. The highest BCUT2D eigenvalue weighted by Crippen LogP contribution is 2.71. The van der Waals surface area contributed by atoms with Gasteiger partial charge in [-0.2, -0.15) is 4.40 Å². The van der Waals surface area contributed by atoms with Crippen molar-refractivity contribution in [1.82, 2.24) is 0 Å². The molecule has 0 aromatic carbocycles. The zero-order valence-corrected chi connectivity index (χ0v) is 13.9. The van der Waals surface area contributed by atoms with Crippen LogP contribution in [0.4, 0.5) is 0 Å². The van der Waals surface area contributed by atoms with Gasteiger partial charge in [0.15, 0.2) is 0 Å². The number of hydrogen-bond acceptors (Lipinski definition) is 4. The molecule has 4 aliphatic rings. The predicted molar refractivity (Wildman–Crippen MR) is 78.6 cm³/mol. The third kappa shape index (κ3) is 1.49. The molecular formula is C15H23NO4S. The molecule has 0 aromatic rings. The fourth-order valence-electron chi connectivity index (χ4n) is 4.98. The molecule has 0 unspecified atom stereocenters. The zero-order valence-electron chi connectivity index (χ0n) is 13.1. The fraction of sp³-hybridized carbons (Fsp3) is 0.933. The number of nitrogens with zero attached hydrogens (tertiary/aromatic N) is 1. The Hall–Kier alpha value is -0.460. The van der Waals surface area contributed by atoms with E-state index in [1.807, 2.05) is 0 Å². The largest absolute Gasteiger partial charge is 0.344 e. The lowest BCUT2D eigenvalue weighted by Gasteiger charge is -2.46. The van der Waals surface area contributed by atoms with Crippen molar-refractivity contribution in [3.8, 4) is 0 Å². The molecule has 0 N–H and O–H groups in total. The van der Waals surface area contributed by atoms with Gasteiger partial charge in [0.25, 0.3) is 10.0 Å². The summed E-state index contributed by atoms with van der Waals surface area (Å²) >= 11 is 0. The van der Waals surface area contributed by atoms with Gasteiger partial charge in [-0.25, -0.2) is 8.42 Å². The Bertz CT molecular complexity index is 639. The highest BCUT2D eigenvalue weighted by molar-refractivity contribution is 7.90. The van der Waals surface area contributed by atoms with E-state index in [0.717, 1.165) is 12.8 Å². The number of rotatable bonds is 0. The first-order valence-electron chi connectivity index (χ1n) is 7.66. The standard InChI is InChI=1S/C15H23NO4S/c1-12(2)7-19-15(20-8-12)10-5-6-14(13(10,3)4)9-21(17,18)16-11(14)15/h10H,5-9H2,1-4H3/t10-,14-/m1/s1. The molecule has 2 bridgehead atoms. The highest BCUT2D eigenvalue weighted by atomic mass is 32.2. The summed E-state index contributed by atoms with van der Waals surface area (Å²) in [6.07, 6.45) is 1.82. The van der Waals surface area contributed by atoms with E-state index in [4.69, 9.17) is 9.47 Å². The van der Waals surface area contributed by atoms with Crippen molar-refractivity contribution >= 4 is 15.7 Å². The van der Waals surface area contributed by atoms with Gasteiger partial charge in [0, 0.05) is 16.7 Å². The Labute approximate surface area is 126 Å². The predicted octanol–water partition coefficient (Wildman–Crippen LogP) is 1.98. The Morgan fingerprint density at radius 3 is 2.38 bits per heavy atom. The van der Waals surface area contributed by atoms with E-state index < -0.39 is 21.2 Å². The molecule has 118 valence electrons. The lowest BCUT2D eigenvalue weighted by Crippen LogP contribution is -2.56. The Morgan fingerprint density at radius 1 is 1.14 bits per heavy atom. The second kappa shape index (κ2) is 3.54. The van der Waals surface area contributed by atoms with Crippen molar-refractivity contribution < 1.29 is 17.9 Å². The van der Waals surface area contributed by atoms with E-state index in [1.54, 1.807) is 0 Å². The fourth-order valence-corrected chi connectivity index (χ4v) is 6.90. The summed E-state index contributed by atoms with van der Waals surface area (Å²) in [6, 6.07) is 0. The van der Waals surface area contributed by atoms with Crippen LogP contribution < -0.4 is 0 Å². The SMILES string of the molecule is CC1(C)COC2(OC1)C1=NS(=O)(=O)C[C@]13CC[C@@H]2C3(C)C. The monoisotopic (exact) mass is 313 g/mol. The zero-order chi connectivity index (χ0) is 15.3. The number of sulfonamides is 1. The average Bonchev–Trinajstić information content (AvgIpc) is 2.82. The van der Waals surface area contributed by atoms with Gasteiger partial charge in [-0.3, -0.25) is 0 Å². The van der Waals surface area contributed by atoms with Crippen molar-refractivity contribution in [2.75, 3.05) is 19.0 Å². The van der Waals surface area contributed by atoms with Gasteiger partial charge in [0.2, 0.25) is 5.79 Å². The summed E-state index contributed by atoms with van der Waals surface area (Å²) in [6.45, 7) is 9.66. The molecule has 2 spiro atoms. The molecule has 0 amide bonds. The van der Waals surface area contributed by atoms with Crippen LogP contribution >= 0.6 is 0 Å². The maximum absolute atomic E-state index is 12.2. The molecule has 0 radical (unpaired) electrons. The molecule has 3 fully saturated rings. The number of hydrogen-bond donors (Lipinski definition) is 0. The minimum Gasteiger partial charge on any atom is -0.344 e. The van der Waals surface area contributed by atoms with Crippen LogP contribution in [0.2, 0.25) is 0 Å². The smallest absolute Gasteiger partial charge is 0.254 e. The van der Waals surface area contributed by atoms with Crippen LogP contribution in [-0.2, 0) is 19.5 Å². The van der Waals surface area contributed by atoms with Gasteiger partial charge in [0.1, 0.15) is 0 Å². The first kappa shape index (κ1) is 14.2. The summed E-state index contributed by atoms with van der Waals surface area (Å²) < 4.78 is 40.8. The van der Waals surface area contributed by atoms with Gasteiger partial charge in [-0.1, -0.05) is 27.7 Å². The van der Waals surface area contributed by atoms with Crippen molar-refractivity contribution in [1.29, 1.82) is 0 Å². The van der Waals surface area contributed by atoms with Crippen LogP contribution in [0, 0.1) is 22.2 Å². The molecule has 2 aliphatic carbocycles. The van der Waals surface area contributed by atoms with E-state index in [0.29, 0.717) is 18.9 Å². The minimum absolute atomic E-state index is 0.0393. The third-order valence-corrected chi connectivity index (χ3v) is 7.54. The lowest BCUT2D eigenvalue weighted by atomic mass is 9.70. The van der Waals surface area contributed by atoms with Crippen LogP contribution in [-0.4, -0.2) is 38.9 Å². The van der Waals surface area contributed by atoms with Gasteiger partial charge in [0.05, 0.1) is 24.7 Å². The molecule has 1 saturated heterocycles. The van der Waals surface area contributed by atoms with Gasteiger partial charge >= 0.3 is 0 Å². The second-order valence-electron chi connectivity index (χ2n) is 8.47. The highest BCUT2D eigenvalue weighted by Gasteiger charge is 2.78. The summed E-state index contributed by atoms with van der Waals surface area (Å²) in [5.74, 6) is -0.590. The molecule has 2 aliphatic heterocycles.